The second-order valence-electron chi connectivity index (χ2n) is 4.93. The Morgan fingerprint density at radius 3 is 2.95 bits per heavy atom. The SMILES string of the molecule is CC/C=C(/C)C(=O)Nc1ccc(N2CCNC(=O)C2)nc1. The molecule has 21 heavy (non-hydrogen) atoms. The number of allylic oxidation sites excluding steroid dienone is 1. The number of aromatic nitrogens is 1. The van der Waals surface area contributed by atoms with E-state index >= 15 is 0 Å². The highest BCUT2D eigenvalue weighted by Gasteiger charge is 2.17. The van der Waals surface area contributed by atoms with Crippen LogP contribution < -0.4 is 15.5 Å². The Labute approximate surface area is 124 Å². The third-order valence-corrected chi connectivity index (χ3v) is 3.24. The molecule has 6 nitrogen and oxygen atoms in total. The predicted octanol–water partition coefficient (Wildman–Crippen LogP) is 1.31. The first kappa shape index (κ1) is 15.0. The Balaban J connectivity index is 2.00. The first-order chi connectivity index (χ1) is 10.1. The number of carbonyl (C=O) groups excluding carboxylic acids is 2. The van der Waals surface area contributed by atoms with Crippen LogP contribution in [0.1, 0.15) is 20.3 Å². The van der Waals surface area contributed by atoms with Gasteiger partial charge in [-0.3, -0.25) is 9.59 Å². The fourth-order valence-corrected chi connectivity index (χ4v) is 2.11. The van der Waals surface area contributed by atoms with E-state index in [-0.39, 0.29) is 11.8 Å². The Morgan fingerprint density at radius 2 is 2.33 bits per heavy atom. The summed E-state index contributed by atoms with van der Waals surface area (Å²) in [6, 6.07) is 3.61. The Hall–Kier alpha value is -2.37. The number of piperazine rings is 1. The van der Waals surface area contributed by atoms with Gasteiger partial charge in [0.05, 0.1) is 18.4 Å². The lowest BCUT2D eigenvalue weighted by Gasteiger charge is -2.27. The molecule has 2 amide bonds. The van der Waals surface area contributed by atoms with Crippen LogP contribution in [-0.2, 0) is 9.59 Å². The number of amides is 2. The summed E-state index contributed by atoms with van der Waals surface area (Å²) in [6.45, 7) is 5.45. The van der Waals surface area contributed by atoms with Crippen molar-refractivity contribution in [1.29, 1.82) is 0 Å². The standard InChI is InChI=1S/C15H20N4O2/c1-3-4-11(2)15(21)18-12-5-6-13(17-9-12)19-8-7-16-14(20)10-19/h4-6,9H,3,7-8,10H2,1-2H3,(H,16,20)(H,18,21)/b11-4-. The van der Waals surface area contributed by atoms with Crippen LogP contribution in [-0.4, -0.2) is 36.4 Å². The van der Waals surface area contributed by atoms with E-state index in [1.165, 1.54) is 0 Å². The maximum atomic E-state index is 11.9. The van der Waals surface area contributed by atoms with Gasteiger partial charge in [0.2, 0.25) is 5.91 Å². The summed E-state index contributed by atoms with van der Waals surface area (Å²) in [5, 5.41) is 5.57. The molecule has 1 aromatic rings. The molecule has 0 radical (unpaired) electrons. The molecule has 0 bridgehead atoms. The molecular formula is C15H20N4O2. The molecule has 0 spiro atoms. The van der Waals surface area contributed by atoms with Crippen molar-refractivity contribution in [3.8, 4) is 0 Å². The van der Waals surface area contributed by atoms with Crippen LogP contribution in [0.5, 0.6) is 0 Å². The van der Waals surface area contributed by atoms with Crippen LogP contribution in [0.25, 0.3) is 0 Å². The second kappa shape index (κ2) is 6.88. The van der Waals surface area contributed by atoms with Crippen molar-refractivity contribution in [3.63, 3.8) is 0 Å². The largest absolute Gasteiger partial charge is 0.353 e. The van der Waals surface area contributed by atoms with Crippen molar-refractivity contribution in [1.82, 2.24) is 10.3 Å². The van der Waals surface area contributed by atoms with Crippen LogP contribution in [0.15, 0.2) is 30.0 Å². The molecule has 1 saturated heterocycles. The van der Waals surface area contributed by atoms with Crippen LogP contribution in [0, 0.1) is 0 Å². The predicted molar refractivity (Wildman–Crippen MR) is 82.1 cm³/mol. The summed E-state index contributed by atoms with van der Waals surface area (Å²) in [4.78, 5) is 29.4. The van der Waals surface area contributed by atoms with Crippen LogP contribution in [0.3, 0.4) is 0 Å². The summed E-state index contributed by atoms with van der Waals surface area (Å²) < 4.78 is 0. The van der Waals surface area contributed by atoms with Gasteiger partial charge in [-0.25, -0.2) is 4.98 Å². The van der Waals surface area contributed by atoms with Gasteiger partial charge in [-0.1, -0.05) is 13.0 Å². The van der Waals surface area contributed by atoms with Gasteiger partial charge in [0.15, 0.2) is 0 Å². The monoisotopic (exact) mass is 288 g/mol. The number of nitrogens with one attached hydrogen (secondary N) is 2. The zero-order valence-corrected chi connectivity index (χ0v) is 12.3. The van der Waals surface area contributed by atoms with E-state index in [0.717, 1.165) is 18.8 Å². The van der Waals surface area contributed by atoms with Crippen LogP contribution in [0.4, 0.5) is 11.5 Å². The van der Waals surface area contributed by atoms with Gasteiger partial charge in [-0.15, -0.1) is 0 Å². The number of nitrogens with zero attached hydrogens (tertiary/aromatic N) is 2. The minimum absolute atomic E-state index is 0.000701. The third-order valence-electron chi connectivity index (χ3n) is 3.24. The fraction of sp³-hybridized carbons (Fsp3) is 0.400. The third kappa shape index (κ3) is 4.05. The van der Waals surface area contributed by atoms with E-state index in [1.807, 2.05) is 24.0 Å². The van der Waals surface area contributed by atoms with E-state index in [0.29, 0.717) is 24.4 Å². The van der Waals surface area contributed by atoms with Gasteiger partial charge in [0, 0.05) is 18.7 Å². The van der Waals surface area contributed by atoms with Crippen molar-refractivity contribution in [2.75, 3.05) is 29.9 Å². The summed E-state index contributed by atoms with van der Waals surface area (Å²) in [5.41, 5.74) is 1.34. The molecule has 6 heteroatoms. The van der Waals surface area contributed by atoms with Gasteiger partial charge in [0.25, 0.3) is 5.91 Å². The fourth-order valence-electron chi connectivity index (χ4n) is 2.11. The summed E-state index contributed by atoms with van der Waals surface area (Å²) in [7, 11) is 0. The average Bonchev–Trinajstić information content (AvgIpc) is 2.48. The second-order valence-corrected chi connectivity index (χ2v) is 4.93. The summed E-state index contributed by atoms with van der Waals surface area (Å²) in [5.74, 6) is 0.619. The highest BCUT2D eigenvalue weighted by atomic mass is 16.2. The number of hydrogen-bond donors (Lipinski definition) is 2. The summed E-state index contributed by atoms with van der Waals surface area (Å²) in [6.07, 6.45) is 4.32. The molecule has 112 valence electrons. The van der Waals surface area contributed by atoms with E-state index in [1.54, 1.807) is 19.2 Å². The molecule has 0 aromatic carbocycles. The molecule has 0 unspecified atom stereocenters. The zero-order chi connectivity index (χ0) is 15.2. The molecule has 1 aromatic heterocycles. The van der Waals surface area contributed by atoms with Crippen molar-refractivity contribution in [2.45, 2.75) is 20.3 Å². The molecule has 1 fully saturated rings. The Bertz CT molecular complexity index is 551. The number of anilines is 2. The number of rotatable bonds is 4. The minimum atomic E-state index is -0.122. The minimum Gasteiger partial charge on any atom is -0.353 e. The molecule has 2 rings (SSSR count). The maximum absolute atomic E-state index is 11.9. The summed E-state index contributed by atoms with van der Waals surface area (Å²) >= 11 is 0. The van der Waals surface area contributed by atoms with Gasteiger partial charge in [0.1, 0.15) is 5.82 Å². The number of carbonyl (C=O) groups is 2. The van der Waals surface area contributed by atoms with E-state index in [9.17, 15) is 9.59 Å². The van der Waals surface area contributed by atoms with Crippen molar-refractivity contribution < 1.29 is 9.59 Å². The molecule has 1 aliphatic heterocycles. The molecule has 0 saturated carbocycles. The van der Waals surface area contributed by atoms with Crippen molar-refractivity contribution >= 4 is 23.3 Å². The van der Waals surface area contributed by atoms with Crippen LogP contribution in [0.2, 0.25) is 0 Å². The molecule has 1 aliphatic rings. The van der Waals surface area contributed by atoms with Crippen molar-refractivity contribution in [3.05, 3.63) is 30.0 Å². The van der Waals surface area contributed by atoms with E-state index in [2.05, 4.69) is 15.6 Å². The van der Waals surface area contributed by atoms with Crippen LogP contribution >= 0.6 is 0 Å². The number of pyridine rings is 1. The Morgan fingerprint density at radius 1 is 1.52 bits per heavy atom. The quantitative estimate of drug-likeness (QED) is 0.819. The zero-order valence-electron chi connectivity index (χ0n) is 12.3. The molecule has 2 N–H and O–H groups in total. The van der Waals surface area contributed by atoms with Crippen molar-refractivity contribution in [2.24, 2.45) is 0 Å². The molecular weight excluding hydrogens is 268 g/mol. The first-order valence-electron chi connectivity index (χ1n) is 7.06. The lowest BCUT2D eigenvalue weighted by molar-refractivity contribution is -0.120. The van der Waals surface area contributed by atoms with Gasteiger partial charge >= 0.3 is 0 Å². The van der Waals surface area contributed by atoms with Gasteiger partial charge in [-0.05, 0) is 25.5 Å². The molecule has 2 heterocycles. The highest BCUT2D eigenvalue weighted by Crippen LogP contribution is 2.15. The topological polar surface area (TPSA) is 74.3 Å². The van der Waals surface area contributed by atoms with E-state index in [4.69, 9.17) is 0 Å². The normalized spacial score (nSPS) is 15.6. The number of hydrogen-bond acceptors (Lipinski definition) is 4. The smallest absolute Gasteiger partial charge is 0.251 e. The average molecular weight is 288 g/mol. The van der Waals surface area contributed by atoms with E-state index < -0.39 is 0 Å². The molecule has 0 aliphatic carbocycles. The van der Waals surface area contributed by atoms with Gasteiger partial charge in [-0.2, -0.15) is 0 Å². The maximum Gasteiger partial charge on any atom is 0.251 e. The lowest BCUT2D eigenvalue weighted by Crippen LogP contribution is -2.48. The lowest BCUT2D eigenvalue weighted by atomic mass is 10.2. The Kier molecular flexibility index (Phi) is 4.92. The van der Waals surface area contributed by atoms with Gasteiger partial charge < -0.3 is 15.5 Å². The highest BCUT2D eigenvalue weighted by molar-refractivity contribution is 6.03. The first-order valence-corrected chi connectivity index (χ1v) is 7.06. The molecule has 0 atom stereocenters.